The summed E-state index contributed by atoms with van der Waals surface area (Å²) >= 11 is 1.65. The van der Waals surface area contributed by atoms with E-state index in [2.05, 4.69) is 23.2 Å². The van der Waals surface area contributed by atoms with Crippen molar-refractivity contribution in [2.24, 2.45) is 0 Å². The number of carbonyl (C=O) groups is 1. The number of amides is 1. The van der Waals surface area contributed by atoms with Gasteiger partial charge in [0.05, 0.1) is 16.8 Å². The Morgan fingerprint density at radius 3 is 2.59 bits per heavy atom. The van der Waals surface area contributed by atoms with Gasteiger partial charge in [0, 0.05) is 13.5 Å². The summed E-state index contributed by atoms with van der Waals surface area (Å²) in [5.74, 6) is 0.156. The zero-order valence-electron chi connectivity index (χ0n) is 12.5. The average Bonchev–Trinajstić information content (AvgIpc) is 2.95. The first kappa shape index (κ1) is 14.7. The van der Waals surface area contributed by atoms with Gasteiger partial charge in [-0.2, -0.15) is 0 Å². The van der Waals surface area contributed by atoms with Crippen LogP contribution in [0.15, 0.2) is 54.6 Å². The van der Waals surface area contributed by atoms with E-state index in [0.717, 1.165) is 16.9 Å². The van der Waals surface area contributed by atoms with Crippen molar-refractivity contribution in [2.45, 2.75) is 19.4 Å². The standard InChI is InChI=1S/C18H18N2OS/c1-20(18(21)12-11-14-7-3-2-4-8-14)13-17-19-15-9-5-6-10-16(15)22-17/h2-10H,11-13H2,1H3. The van der Waals surface area contributed by atoms with Gasteiger partial charge < -0.3 is 4.90 Å². The molecule has 0 bridgehead atoms. The number of nitrogens with zero attached hydrogens (tertiary/aromatic N) is 2. The maximum Gasteiger partial charge on any atom is 0.223 e. The molecule has 0 unspecified atom stereocenters. The van der Waals surface area contributed by atoms with Crippen LogP contribution in [0.3, 0.4) is 0 Å². The van der Waals surface area contributed by atoms with Crippen molar-refractivity contribution >= 4 is 27.5 Å². The lowest BCUT2D eigenvalue weighted by atomic mass is 10.1. The minimum atomic E-state index is 0.156. The van der Waals surface area contributed by atoms with Gasteiger partial charge in [0.25, 0.3) is 0 Å². The van der Waals surface area contributed by atoms with Gasteiger partial charge in [-0.05, 0) is 24.1 Å². The molecule has 3 nitrogen and oxygen atoms in total. The number of hydrogen-bond acceptors (Lipinski definition) is 3. The molecular weight excluding hydrogens is 292 g/mol. The Labute approximate surface area is 134 Å². The van der Waals surface area contributed by atoms with Crippen LogP contribution in [0.25, 0.3) is 10.2 Å². The second-order valence-corrected chi connectivity index (χ2v) is 6.43. The molecule has 1 amide bonds. The van der Waals surface area contributed by atoms with Gasteiger partial charge >= 0.3 is 0 Å². The van der Waals surface area contributed by atoms with Gasteiger partial charge in [-0.1, -0.05) is 42.5 Å². The zero-order chi connectivity index (χ0) is 15.4. The molecule has 0 radical (unpaired) electrons. The maximum atomic E-state index is 12.2. The molecule has 0 atom stereocenters. The first-order valence-corrected chi connectivity index (χ1v) is 8.16. The summed E-state index contributed by atoms with van der Waals surface area (Å²) < 4.78 is 1.17. The summed E-state index contributed by atoms with van der Waals surface area (Å²) in [4.78, 5) is 18.6. The van der Waals surface area contributed by atoms with Crippen LogP contribution in [0, 0.1) is 0 Å². The molecule has 22 heavy (non-hydrogen) atoms. The van der Waals surface area contributed by atoms with Crippen LogP contribution in [0.1, 0.15) is 17.0 Å². The molecule has 3 aromatic rings. The Bertz CT molecular complexity index is 734. The van der Waals surface area contributed by atoms with Gasteiger partial charge in [0.2, 0.25) is 5.91 Å². The van der Waals surface area contributed by atoms with Crippen molar-refractivity contribution in [1.29, 1.82) is 0 Å². The first-order valence-electron chi connectivity index (χ1n) is 7.35. The van der Waals surface area contributed by atoms with Crippen molar-refractivity contribution in [2.75, 3.05) is 7.05 Å². The Kier molecular flexibility index (Phi) is 4.49. The lowest BCUT2D eigenvalue weighted by Crippen LogP contribution is -2.26. The highest BCUT2D eigenvalue weighted by atomic mass is 32.1. The predicted molar refractivity (Wildman–Crippen MR) is 90.9 cm³/mol. The van der Waals surface area contributed by atoms with Crippen LogP contribution >= 0.6 is 11.3 Å². The van der Waals surface area contributed by atoms with Gasteiger partial charge in [-0.15, -0.1) is 11.3 Å². The lowest BCUT2D eigenvalue weighted by molar-refractivity contribution is -0.130. The van der Waals surface area contributed by atoms with Crippen LogP contribution in [0.5, 0.6) is 0 Å². The molecule has 0 N–H and O–H groups in total. The molecule has 0 saturated carbocycles. The summed E-state index contributed by atoms with van der Waals surface area (Å²) in [6.07, 6.45) is 1.31. The van der Waals surface area contributed by atoms with Crippen molar-refractivity contribution in [3.63, 3.8) is 0 Å². The zero-order valence-corrected chi connectivity index (χ0v) is 13.3. The molecule has 0 fully saturated rings. The highest BCUT2D eigenvalue weighted by molar-refractivity contribution is 7.18. The molecule has 4 heteroatoms. The molecule has 0 aliphatic rings. The van der Waals surface area contributed by atoms with E-state index in [0.29, 0.717) is 13.0 Å². The molecule has 0 aliphatic carbocycles. The summed E-state index contributed by atoms with van der Waals surface area (Å²) in [5, 5.41) is 0.983. The van der Waals surface area contributed by atoms with E-state index in [1.165, 1.54) is 10.3 Å². The largest absolute Gasteiger partial charge is 0.339 e. The normalized spacial score (nSPS) is 10.8. The highest BCUT2D eigenvalue weighted by Crippen LogP contribution is 2.22. The second-order valence-electron chi connectivity index (χ2n) is 5.31. The number of para-hydroxylation sites is 1. The fraction of sp³-hybridized carbons (Fsp3) is 0.222. The van der Waals surface area contributed by atoms with Crippen molar-refractivity contribution in [3.05, 3.63) is 65.2 Å². The fourth-order valence-electron chi connectivity index (χ4n) is 2.37. The smallest absolute Gasteiger partial charge is 0.223 e. The molecule has 1 heterocycles. The molecule has 3 rings (SSSR count). The van der Waals surface area contributed by atoms with Gasteiger partial charge in [-0.3, -0.25) is 4.79 Å². The predicted octanol–water partition coefficient (Wildman–Crippen LogP) is 3.89. The number of rotatable bonds is 5. The van der Waals surface area contributed by atoms with E-state index < -0.39 is 0 Å². The third-order valence-corrected chi connectivity index (χ3v) is 4.63. The first-order chi connectivity index (χ1) is 10.7. The molecule has 112 valence electrons. The third kappa shape index (κ3) is 3.52. The summed E-state index contributed by atoms with van der Waals surface area (Å²) in [5.41, 5.74) is 2.21. The summed E-state index contributed by atoms with van der Waals surface area (Å²) in [6, 6.07) is 18.2. The number of fused-ring (bicyclic) bond motifs is 1. The SMILES string of the molecule is CN(Cc1nc2ccccc2s1)C(=O)CCc1ccccc1. The summed E-state index contributed by atoms with van der Waals surface area (Å²) in [7, 11) is 1.85. The van der Waals surface area contributed by atoms with Gasteiger partial charge in [-0.25, -0.2) is 4.98 Å². The van der Waals surface area contributed by atoms with Crippen LogP contribution in [0.4, 0.5) is 0 Å². The highest BCUT2D eigenvalue weighted by Gasteiger charge is 2.12. The van der Waals surface area contributed by atoms with Crippen LogP contribution < -0.4 is 0 Å². The van der Waals surface area contributed by atoms with E-state index in [4.69, 9.17) is 0 Å². The third-order valence-electron chi connectivity index (χ3n) is 3.61. The van der Waals surface area contributed by atoms with E-state index in [1.54, 1.807) is 16.2 Å². The number of aromatic nitrogens is 1. The number of aryl methyl sites for hydroxylation is 1. The number of thiazole rings is 1. The lowest BCUT2D eigenvalue weighted by Gasteiger charge is -2.15. The Balaban J connectivity index is 1.58. The Morgan fingerprint density at radius 2 is 1.82 bits per heavy atom. The molecule has 2 aromatic carbocycles. The van der Waals surface area contributed by atoms with Crippen molar-refractivity contribution in [1.82, 2.24) is 9.88 Å². The van der Waals surface area contributed by atoms with Crippen LogP contribution in [-0.2, 0) is 17.8 Å². The minimum absolute atomic E-state index is 0.156. The topological polar surface area (TPSA) is 33.2 Å². The molecule has 1 aromatic heterocycles. The second kappa shape index (κ2) is 6.71. The quantitative estimate of drug-likeness (QED) is 0.716. The maximum absolute atomic E-state index is 12.2. The minimum Gasteiger partial charge on any atom is -0.339 e. The Morgan fingerprint density at radius 1 is 1.09 bits per heavy atom. The molecule has 0 saturated heterocycles. The van der Waals surface area contributed by atoms with E-state index >= 15 is 0 Å². The van der Waals surface area contributed by atoms with Gasteiger partial charge in [0.1, 0.15) is 5.01 Å². The van der Waals surface area contributed by atoms with Gasteiger partial charge in [0.15, 0.2) is 0 Å². The summed E-state index contributed by atoms with van der Waals surface area (Å²) in [6.45, 7) is 0.576. The number of hydrogen-bond donors (Lipinski definition) is 0. The number of carbonyl (C=O) groups excluding carboxylic acids is 1. The monoisotopic (exact) mass is 310 g/mol. The number of benzene rings is 2. The van der Waals surface area contributed by atoms with Crippen LogP contribution in [0.2, 0.25) is 0 Å². The van der Waals surface area contributed by atoms with Crippen molar-refractivity contribution < 1.29 is 4.79 Å². The fourth-order valence-corrected chi connectivity index (χ4v) is 3.39. The average molecular weight is 310 g/mol. The molecular formula is C18H18N2OS. The van der Waals surface area contributed by atoms with E-state index in [-0.39, 0.29) is 5.91 Å². The molecule has 0 spiro atoms. The van der Waals surface area contributed by atoms with E-state index in [1.807, 2.05) is 43.4 Å². The van der Waals surface area contributed by atoms with E-state index in [9.17, 15) is 4.79 Å². The Hall–Kier alpha value is -2.20. The molecule has 0 aliphatic heterocycles. The van der Waals surface area contributed by atoms with Crippen molar-refractivity contribution in [3.8, 4) is 0 Å². The van der Waals surface area contributed by atoms with Crippen LogP contribution in [-0.4, -0.2) is 22.8 Å².